The molecule has 0 saturated carbocycles. The van der Waals surface area contributed by atoms with Gasteiger partial charge >= 0.3 is 0 Å². The first-order chi connectivity index (χ1) is 21.8. The SMILES string of the molecule is C1=CC2C3CC(C4=CC5C6C=CC=CC6N(c6cccc(-c7ccccc7)c6)C5C=C4)=CC=C3N(c3ccccc3)C2C=C1. The smallest absolute Gasteiger partial charge is 0.0591 e. The fourth-order valence-corrected chi connectivity index (χ4v) is 8.64. The van der Waals surface area contributed by atoms with Gasteiger partial charge in [-0.05, 0) is 59.0 Å². The first-order valence-corrected chi connectivity index (χ1v) is 16.1. The normalized spacial score (nSPS) is 30.7. The average Bonchev–Trinajstić information content (AvgIpc) is 3.61. The summed E-state index contributed by atoms with van der Waals surface area (Å²) in [6.07, 6.45) is 32.1. The van der Waals surface area contributed by atoms with Crippen LogP contribution in [0.4, 0.5) is 11.4 Å². The van der Waals surface area contributed by atoms with Crippen LogP contribution >= 0.6 is 0 Å². The largest absolute Gasteiger partial charge is 0.357 e. The van der Waals surface area contributed by atoms with Crippen molar-refractivity contribution in [1.29, 1.82) is 0 Å². The third-order valence-electron chi connectivity index (χ3n) is 10.6. The lowest BCUT2D eigenvalue weighted by molar-refractivity contribution is 0.483. The van der Waals surface area contributed by atoms with Crippen LogP contribution in [-0.4, -0.2) is 18.1 Å². The van der Waals surface area contributed by atoms with E-state index in [4.69, 9.17) is 0 Å². The maximum absolute atomic E-state index is 2.66. The van der Waals surface area contributed by atoms with Crippen LogP contribution in [0, 0.1) is 23.7 Å². The first kappa shape index (κ1) is 25.7. The highest BCUT2D eigenvalue weighted by Gasteiger charge is 2.48. The molecule has 44 heavy (non-hydrogen) atoms. The van der Waals surface area contributed by atoms with Crippen molar-refractivity contribution in [3.8, 4) is 11.1 Å². The summed E-state index contributed by atoms with van der Waals surface area (Å²) in [5.41, 5.74) is 9.47. The highest BCUT2D eigenvalue weighted by Crippen LogP contribution is 2.51. The van der Waals surface area contributed by atoms with Crippen molar-refractivity contribution in [1.82, 2.24) is 0 Å². The van der Waals surface area contributed by atoms with Crippen molar-refractivity contribution in [2.45, 2.75) is 24.5 Å². The first-order valence-electron chi connectivity index (χ1n) is 16.1. The van der Waals surface area contributed by atoms with Gasteiger partial charge in [0.2, 0.25) is 0 Å². The molecule has 0 aromatic heterocycles. The van der Waals surface area contributed by atoms with Gasteiger partial charge in [-0.25, -0.2) is 0 Å². The third kappa shape index (κ3) is 4.08. The number of anilines is 2. The number of para-hydroxylation sites is 1. The van der Waals surface area contributed by atoms with E-state index in [0.717, 1.165) is 6.42 Å². The maximum Gasteiger partial charge on any atom is 0.0591 e. The molecule has 7 unspecified atom stereocenters. The van der Waals surface area contributed by atoms with E-state index in [1.165, 1.54) is 39.3 Å². The van der Waals surface area contributed by atoms with Crippen molar-refractivity contribution < 1.29 is 0 Å². The molecule has 2 heterocycles. The molecule has 2 fully saturated rings. The lowest BCUT2D eigenvalue weighted by Gasteiger charge is -2.33. The molecular formula is C42H36N2. The molecule has 6 aliphatic rings. The molecule has 2 nitrogen and oxygen atoms in total. The molecule has 3 aromatic rings. The Morgan fingerprint density at radius 3 is 2.07 bits per heavy atom. The molecule has 4 aliphatic carbocycles. The Bertz CT molecular complexity index is 1830. The van der Waals surface area contributed by atoms with Gasteiger partial charge < -0.3 is 9.80 Å². The Morgan fingerprint density at radius 2 is 1.23 bits per heavy atom. The highest BCUT2D eigenvalue weighted by molar-refractivity contribution is 5.70. The van der Waals surface area contributed by atoms with Crippen LogP contribution in [0.15, 0.2) is 181 Å². The average molecular weight is 569 g/mol. The fourth-order valence-electron chi connectivity index (χ4n) is 8.64. The third-order valence-corrected chi connectivity index (χ3v) is 10.6. The van der Waals surface area contributed by atoms with E-state index in [9.17, 15) is 0 Å². The topological polar surface area (TPSA) is 6.48 Å². The molecule has 2 aliphatic heterocycles. The monoisotopic (exact) mass is 568 g/mol. The summed E-state index contributed by atoms with van der Waals surface area (Å²) in [5, 5.41) is 0. The second-order valence-corrected chi connectivity index (χ2v) is 12.8. The Labute approximate surface area is 260 Å². The van der Waals surface area contributed by atoms with Crippen molar-refractivity contribution in [3.63, 3.8) is 0 Å². The number of allylic oxidation sites excluding steroid dienone is 10. The van der Waals surface area contributed by atoms with Gasteiger partial charge in [0, 0.05) is 40.7 Å². The van der Waals surface area contributed by atoms with Gasteiger partial charge in [0.15, 0.2) is 0 Å². The summed E-state index contributed by atoms with van der Waals surface area (Å²) in [4.78, 5) is 5.24. The van der Waals surface area contributed by atoms with Gasteiger partial charge in [-0.2, -0.15) is 0 Å². The number of rotatable bonds is 4. The van der Waals surface area contributed by atoms with Crippen LogP contribution < -0.4 is 9.80 Å². The van der Waals surface area contributed by atoms with E-state index >= 15 is 0 Å². The van der Waals surface area contributed by atoms with E-state index in [1.807, 2.05) is 0 Å². The lowest BCUT2D eigenvalue weighted by Crippen LogP contribution is -2.36. The van der Waals surface area contributed by atoms with Gasteiger partial charge in [-0.1, -0.05) is 134 Å². The standard InChI is InChI=1S/C42H36N2/c1-3-12-29(13-4-1)30-14-11-17-34(26-30)44-40-21-10-8-19-36(40)38-28-32(23-25-42(38)44)31-22-24-41-37(27-31)35-18-7-9-20-39(35)43(41)33-15-5-2-6-16-33/h1-26,28,35-40,42H,27H2. The molecule has 0 amide bonds. The molecule has 0 bridgehead atoms. The molecule has 0 spiro atoms. The molecule has 2 heteroatoms. The van der Waals surface area contributed by atoms with Gasteiger partial charge in [-0.3, -0.25) is 0 Å². The van der Waals surface area contributed by atoms with Crippen molar-refractivity contribution in [2.24, 2.45) is 23.7 Å². The predicted octanol–water partition coefficient (Wildman–Crippen LogP) is 9.23. The fraction of sp³-hybridized carbons (Fsp3) is 0.190. The molecule has 214 valence electrons. The van der Waals surface area contributed by atoms with Gasteiger partial charge in [0.1, 0.15) is 0 Å². The second kappa shape index (κ2) is 10.4. The molecular weight excluding hydrogens is 532 g/mol. The van der Waals surface area contributed by atoms with Gasteiger partial charge in [0.25, 0.3) is 0 Å². The minimum Gasteiger partial charge on any atom is -0.357 e. The summed E-state index contributed by atoms with van der Waals surface area (Å²) in [7, 11) is 0. The summed E-state index contributed by atoms with van der Waals surface area (Å²) in [6, 6.07) is 31.9. The van der Waals surface area contributed by atoms with Crippen LogP contribution in [0.3, 0.4) is 0 Å². The van der Waals surface area contributed by atoms with Crippen molar-refractivity contribution in [3.05, 3.63) is 181 Å². The van der Waals surface area contributed by atoms with Gasteiger partial charge in [0.05, 0.1) is 18.1 Å². The van der Waals surface area contributed by atoms with Crippen LogP contribution in [-0.2, 0) is 0 Å². The summed E-state index contributed by atoms with van der Waals surface area (Å²) >= 11 is 0. The van der Waals surface area contributed by atoms with Crippen LogP contribution in [0.5, 0.6) is 0 Å². The molecule has 2 saturated heterocycles. The zero-order chi connectivity index (χ0) is 29.0. The van der Waals surface area contributed by atoms with Crippen LogP contribution in [0.2, 0.25) is 0 Å². The number of hydrogen-bond donors (Lipinski definition) is 0. The Morgan fingerprint density at radius 1 is 0.545 bits per heavy atom. The van der Waals surface area contributed by atoms with E-state index in [-0.39, 0.29) is 0 Å². The number of benzene rings is 3. The number of fused-ring (bicyclic) bond motifs is 6. The van der Waals surface area contributed by atoms with Gasteiger partial charge in [-0.15, -0.1) is 0 Å². The van der Waals surface area contributed by atoms with E-state index in [1.54, 1.807) is 0 Å². The number of nitrogens with zero attached hydrogens (tertiary/aromatic N) is 2. The highest BCUT2D eigenvalue weighted by atomic mass is 15.2. The minimum atomic E-state index is 0.332. The Balaban J connectivity index is 1.05. The van der Waals surface area contributed by atoms with E-state index in [2.05, 4.69) is 174 Å². The summed E-state index contributed by atoms with van der Waals surface area (Å²) < 4.78 is 0. The zero-order valence-corrected chi connectivity index (χ0v) is 24.7. The van der Waals surface area contributed by atoms with Crippen LogP contribution in [0.1, 0.15) is 6.42 Å². The zero-order valence-electron chi connectivity index (χ0n) is 24.7. The molecule has 0 N–H and O–H groups in total. The lowest BCUT2D eigenvalue weighted by atomic mass is 9.76. The summed E-state index contributed by atoms with van der Waals surface area (Å²) in [5.74, 6) is 1.87. The van der Waals surface area contributed by atoms with Crippen molar-refractivity contribution in [2.75, 3.05) is 9.80 Å². The Kier molecular flexibility index (Phi) is 6.07. The Hall–Kier alpha value is -4.82. The van der Waals surface area contributed by atoms with Crippen molar-refractivity contribution >= 4 is 11.4 Å². The van der Waals surface area contributed by atoms with E-state index < -0.39 is 0 Å². The molecule has 7 atom stereocenters. The molecule has 0 radical (unpaired) electrons. The summed E-state index contributed by atoms with van der Waals surface area (Å²) in [6.45, 7) is 0. The van der Waals surface area contributed by atoms with E-state index in [0.29, 0.717) is 41.8 Å². The minimum absolute atomic E-state index is 0.332. The quantitative estimate of drug-likeness (QED) is 0.310. The van der Waals surface area contributed by atoms with Crippen LogP contribution in [0.25, 0.3) is 11.1 Å². The molecule has 9 rings (SSSR count). The number of hydrogen-bond acceptors (Lipinski definition) is 2. The maximum atomic E-state index is 2.66. The second-order valence-electron chi connectivity index (χ2n) is 12.8. The predicted molar refractivity (Wildman–Crippen MR) is 183 cm³/mol. The molecule has 3 aromatic carbocycles.